The van der Waals surface area contributed by atoms with Crippen LogP contribution in [-0.4, -0.2) is 48.5 Å². The second-order valence-electron chi connectivity index (χ2n) is 10.4. The molecule has 6 nitrogen and oxygen atoms in total. The quantitative estimate of drug-likeness (QED) is 0.660. The summed E-state index contributed by atoms with van der Waals surface area (Å²) in [6.07, 6.45) is 10.2. The highest BCUT2D eigenvalue weighted by Crippen LogP contribution is 2.59. The second-order valence-corrected chi connectivity index (χ2v) is 13.4. The van der Waals surface area contributed by atoms with E-state index in [1.165, 1.54) is 62.0 Å². The van der Waals surface area contributed by atoms with Gasteiger partial charge in [0, 0.05) is 30.7 Å². The highest BCUT2D eigenvalue weighted by molar-refractivity contribution is 8.22. The number of nitrogens with zero attached hydrogens (tertiary/aromatic N) is 2. The molecule has 0 atom stereocenters. The maximum Gasteiger partial charge on any atom is 0.330 e. The normalized spacial score (nSPS) is 32.4. The van der Waals surface area contributed by atoms with Gasteiger partial charge in [-0.1, -0.05) is 6.07 Å². The number of carboxylic acids is 1. The Labute approximate surface area is 196 Å². The molecular formula is C24H29N3O3S2. The molecule has 0 aromatic carbocycles. The molecule has 2 aromatic rings. The van der Waals surface area contributed by atoms with E-state index in [4.69, 9.17) is 0 Å². The van der Waals surface area contributed by atoms with E-state index in [0.717, 1.165) is 41.5 Å². The summed E-state index contributed by atoms with van der Waals surface area (Å²) in [5.41, 5.74) is 2.28. The van der Waals surface area contributed by atoms with Crippen LogP contribution in [0.1, 0.15) is 54.7 Å². The number of aliphatic carboxylic acids is 1. The number of pyridine rings is 1. The van der Waals surface area contributed by atoms with E-state index >= 15 is 0 Å². The third-order valence-corrected chi connectivity index (χ3v) is 11.4. The van der Waals surface area contributed by atoms with E-state index < -0.39 is 10.0 Å². The summed E-state index contributed by atoms with van der Waals surface area (Å²) in [7, 11) is 0. The molecule has 3 heterocycles. The molecule has 1 saturated heterocycles. The van der Waals surface area contributed by atoms with Crippen molar-refractivity contribution in [3.05, 3.63) is 35.8 Å². The van der Waals surface area contributed by atoms with E-state index in [1.807, 2.05) is 28.8 Å². The zero-order chi connectivity index (χ0) is 21.9. The lowest BCUT2D eigenvalue weighted by molar-refractivity contribution is -0.137. The van der Waals surface area contributed by atoms with Gasteiger partial charge in [0.25, 0.3) is 5.91 Å². The molecule has 0 radical (unpaired) electrons. The number of nitrogens with one attached hydrogen (secondary N) is 1. The minimum atomic E-state index is -0.876. The fourth-order valence-corrected chi connectivity index (χ4v) is 10.1. The standard InChI is InChI=1S/C24H29N3O3S2/c28-21(25-14-23-9-15-6-16(10-23)8-17(7-15)11-23)19-2-1-3-20-26-18(13-27(19)20)12-24(22(29)30)31-4-5-32-24/h1-3,13,15-17H,4-12,14H2,(H,25,28)(H,29,30). The molecule has 4 saturated carbocycles. The highest BCUT2D eigenvalue weighted by atomic mass is 32.2. The summed E-state index contributed by atoms with van der Waals surface area (Å²) in [5.74, 6) is 3.41. The Morgan fingerprint density at radius 1 is 1.09 bits per heavy atom. The highest BCUT2D eigenvalue weighted by Gasteiger charge is 2.50. The number of hydrogen-bond acceptors (Lipinski definition) is 5. The van der Waals surface area contributed by atoms with Crippen molar-refractivity contribution in [2.75, 3.05) is 18.1 Å². The Morgan fingerprint density at radius 2 is 1.75 bits per heavy atom. The number of aromatic nitrogens is 2. The summed E-state index contributed by atoms with van der Waals surface area (Å²) in [5, 5.41) is 13.1. The lowest BCUT2D eigenvalue weighted by Gasteiger charge is -2.56. The van der Waals surface area contributed by atoms with Gasteiger partial charge >= 0.3 is 5.97 Å². The molecule has 5 fully saturated rings. The van der Waals surface area contributed by atoms with E-state index in [9.17, 15) is 14.7 Å². The number of hydrogen-bond donors (Lipinski definition) is 2. The Morgan fingerprint density at radius 3 is 2.38 bits per heavy atom. The van der Waals surface area contributed by atoms with E-state index in [0.29, 0.717) is 23.2 Å². The third kappa shape index (κ3) is 3.54. The molecule has 4 bridgehead atoms. The van der Waals surface area contributed by atoms with Crippen LogP contribution in [0.25, 0.3) is 5.65 Å². The Bertz CT molecular complexity index is 1040. The fourth-order valence-electron chi connectivity index (χ4n) is 7.19. The molecule has 2 N–H and O–H groups in total. The van der Waals surface area contributed by atoms with Gasteiger partial charge in [-0.15, -0.1) is 23.5 Å². The number of carbonyl (C=O) groups is 2. The average molecular weight is 472 g/mol. The van der Waals surface area contributed by atoms with Crippen LogP contribution in [-0.2, 0) is 11.2 Å². The molecule has 2 aromatic heterocycles. The predicted octanol–water partition coefficient (Wildman–Crippen LogP) is 4.08. The first-order chi connectivity index (χ1) is 15.4. The van der Waals surface area contributed by atoms with Crippen molar-refractivity contribution in [1.82, 2.24) is 14.7 Å². The predicted molar refractivity (Wildman–Crippen MR) is 127 cm³/mol. The van der Waals surface area contributed by atoms with Gasteiger partial charge in [-0.05, 0) is 73.8 Å². The average Bonchev–Trinajstić information content (AvgIpc) is 3.38. The van der Waals surface area contributed by atoms with Crippen LogP contribution in [0.5, 0.6) is 0 Å². The van der Waals surface area contributed by atoms with Crippen LogP contribution in [0.4, 0.5) is 0 Å². The fraction of sp³-hybridized carbons (Fsp3) is 0.625. The summed E-state index contributed by atoms with van der Waals surface area (Å²) in [4.78, 5) is 29.8. The van der Waals surface area contributed by atoms with Gasteiger partial charge in [-0.2, -0.15) is 0 Å². The Kier molecular flexibility index (Phi) is 5.02. The van der Waals surface area contributed by atoms with Gasteiger partial charge in [0.15, 0.2) is 4.08 Å². The lowest BCUT2D eigenvalue weighted by atomic mass is 9.49. The zero-order valence-electron chi connectivity index (χ0n) is 18.1. The number of imidazole rings is 1. The van der Waals surface area contributed by atoms with Gasteiger partial charge in [0.1, 0.15) is 11.3 Å². The topological polar surface area (TPSA) is 83.7 Å². The van der Waals surface area contributed by atoms with Crippen molar-refractivity contribution in [3.8, 4) is 0 Å². The van der Waals surface area contributed by atoms with Crippen molar-refractivity contribution in [2.45, 2.75) is 49.0 Å². The molecule has 170 valence electrons. The van der Waals surface area contributed by atoms with E-state index in [-0.39, 0.29) is 5.91 Å². The first-order valence-corrected chi connectivity index (χ1v) is 13.7. The van der Waals surface area contributed by atoms with Crippen molar-refractivity contribution < 1.29 is 14.7 Å². The smallest absolute Gasteiger partial charge is 0.330 e. The lowest BCUT2D eigenvalue weighted by Crippen LogP contribution is -2.51. The summed E-state index contributed by atoms with van der Waals surface area (Å²) in [6, 6.07) is 5.57. The van der Waals surface area contributed by atoms with Crippen molar-refractivity contribution >= 4 is 41.0 Å². The molecule has 0 spiro atoms. The largest absolute Gasteiger partial charge is 0.480 e. The van der Waals surface area contributed by atoms with E-state index in [1.54, 1.807) is 0 Å². The number of carboxylic acid groups (broad SMARTS) is 1. The van der Waals surface area contributed by atoms with Crippen molar-refractivity contribution in [3.63, 3.8) is 0 Å². The van der Waals surface area contributed by atoms with Crippen LogP contribution in [0, 0.1) is 23.2 Å². The summed E-state index contributed by atoms with van der Waals surface area (Å²) in [6.45, 7) is 0.767. The molecule has 1 amide bonds. The molecule has 5 aliphatic rings. The second kappa shape index (κ2) is 7.69. The van der Waals surface area contributed by atoms with Crippen molar-refractivity contribution in [1.29, 1.82) is 0 Å². The summed E-state index contributed by atoms with van der Waals surface area (Å²) < 4.78 is 0.947. The number of rotatable bonds is 6. The summed E-state index contributed by atoms with van der Waals surface area (Å²) >= 11 is 2.97. The molecule has 4 aliphatic carbocycles. The first kappa shape index (κ1) is 20.9. The Hall–Kier alpha value is -1.67. The molecule has 7 rings (SSSR count). The van der Waals surface area contributed by atoms with Gasteiger partial charge in [-0.25, -0.2) is 9.78 Å². The number of carbonyl (C=O) groups excluding carboxylic acids is 1. The number of amides is 1. The van der Waals surface area contributed by atoms with E-state index in [2.05, 4.69) is 10.3 Å². The molecule has 1 aliphatic heterocycles. The molecule has 8 heteroatoms. The molecule has 0 unspecified atom stereocenters. The monoisotopic (exact) mass is 471 g/mol. The zero-order valence-corrected chi connectivity index (χ0v) is 19.7. The van der Waals surface area contributed by atoms with Gasteiger partial charge in [-0.3, -0.25) is 9.20 Å². The van der Waals surface area contributed by atoms with Crippen LogP contribution >= 0.6 is 23.5 Å². The van der Waals surface area contributed by atoms with Crippen molar-refractivity contribution in [2.24, 2.45) is 23.2 Å². The molecular weight excluding hydrogens is 442 g/mol. The number of fused-ring (bicyclic) bond motifs is 1. The maximum absolute atomic E-state index is 13.2. The minimum Gasteiger partial charge on any atom is -0.480 e. The van der Waals surface area contributed by atoms with Crippen LogP contribution in [0.3, 0.4) is 0 Å². The molecule has 32 heavy (non-hydrogen) atoms. The maximum atomic E-state index is 13.2. The van der Waals surface area contributed by atoms with Crippen LogP contribution < -0.4 is 5.32 Å². The third-order valence-electron chi connectivity index (χ3n) is 8.06. The minimum absolute atomic E-state index is 0.0622. The van der Waals surface area contributed by atoms with Crippen LogP contribution in [0.15, 0.2) is 24.4 Å². The first-order valence-electron chi connectivity index (χ1n) is 11.7. The SMILES string of the molecule is O=C(NCC12CC3CC(CC(C3)C1)C2)c1cccc2nc(CC3(C(=O)O)SCCS3)cn12. The Balaban J connectivity index is 1.21. The number of thioether (sulfide) groups is 2. The van der Waals surface area contributed by atoms with Gasteiger partial charge in [0.05, 0.1) is 5.69 Å². The van der Waals surface area contributed by atoms with Crippen LogP contribution in [0.2, 0.25) is 0 Å². The van der Waals surface area contributed by atoms with Gasteiger partial charge in [0.2, 0.25) is 0 Å². The van der Waals surface area contributed by atoms with Gasteiger partial charge < -0.3 is 10.4 Å².